The van der Waals surface area contributed by atoms with E-state index < -0.39 is 0 Å². The first-order valence-electron chi connectivity index (χ1n) is 5.68. The van der Waals surface area contributed by atoms with Gasteiger partial charge in [-0.15, -0.1) is 0 Å². The van der Waals surface area contributed by atoms with Crippen LogP contribution >= 0.6 is 0 Å². The fourth-order valence-electron chi connectivity index (χ4n) is 3.90. The molecule has 2 aliphatic heterocycles. The van der Waals surface area contributed by atoms with Crippen LogP contribution in [0.4, 0.5) is 0 Å². The Balaban J connectivity index is 1.67. The van der Waals surface area contributed by atoms with Crippen LogP contribution in [0.2, 0.25) is 0 Å². The van der Waals surface area contributed by atoms with Gasteiger partial charge in [-0.25, -0.2) is 0 Å². The van der Waals surface area contributed by atoms with Gasteiger partial charge >= 0.3 is 0 Å². The van der Waals surface area contributed by atoms with Crippen LogP contribution in [0.15, 0.2) is 0 Å². The first kappa shape index (κ1) is 7.24. The van der Waals surface area contributed by atoms with Crippen molar-refractivity contribution < 1.29 is 0 Å². The lowest BCUT2D eigenvalue weighted by molar-refractivity contribution is 0.203. The molecule has 2 nitrogen and oxygen atoms in total. The van der Waals surface area contributed by atoms with Gasteiger partial charge in [0.2, 0.25) is 0 Å². The van der Waals surface area contributed by atoms with Gasteiger partial charge in [-0.1, -0.05) is 0 Å². The maximum atomic E-state index is 6.52. The molecule has 0 atom stereocenters. The van der Waals surface area contributed by atoms with Crippen molar-refractivity contribution in [1.82, 2.24) is 4.90 Å². The van der Waals surface area contributed by atoms with Crippen molar-refractivity contribution in [1.29, 1.82) is 0 Å². The largest absolute Gasteiger partial charge is 0.313 e. The molecule has 4 fully saturated rings. The third-order valence-electron chi connectivity index (χ3n) is 4.96. The molecule has 0 aromatic rings. The summed E-state index contributed by atoms with van der Waals surface area (Å²) >= 11 is 0. The summed E-state index contributed by atoms with van der Waals surface area (Å²) in [5.74, 6) is 0. The lowest BCUT2D eigenvalue weighted by Crippen LogP contribution is -2.46. The van der Waals surface area contributed by atoms with Crippen LogP contribution in [0.25, 0.3) is 0 Å². The zero-order valence-corrected chi connectivity index (χ0v) is 8.18. The molecule has 2 aliphatic carbocycles. The van der Waals surface area contributed by atoms with Gasteiger partial charge in [-0.2, -0.15) is 0 Å². The average molecular weight is 178 g/mol. The maximum Gasteiger partial charge on any atom is 0.0699 e. The second-order valence-electron chi connectivity index (χ2n) is 6.31. The summed E-state index contributed by atoms with van der Waals surface area (Å²) in [6, 6.07) is 0. The van der Waals surface area contributed by atoms with Crippen LogP contribution in [0, 0.1) is 10.8 Å². The molecule has 0 radical (unpaired) electrons. The first-order valence-corrected chi connectivity index (χ1v) is 5.68. The summed E-state index contributed by atoms with van der Waals surface area (Å²) in [6.07, 6.45) is 8.43. The molecule has 4 aliphatic rings. The van der Waals surface area contributed by atoms with Gasteiger partial charge < -0.3 is 5.73 Å². The second-order valence-corrected chi connectivity index (χ2v) is 6.31. The number of nitrogens with zero attached hydrogens (tertiary/aromatic N) is 1. The summed E-state index contributed by atoms with van der Waals surface area (Å²) in [5.41, 5.74) is 8.05. The normalized spacial score (nSPS) is 41.3. The SMILES string of the molecule is NC12CC3(CC3)CN1CC1(CC1)C2. The van der Waals surface area contributed by atoms with Crippen LogP contribution in [0.3, 0.4) is 0 Å². The van der Waals surface area contributed by atoms with Crippen molar-refractivity contribution in [3.05, 3.63) is 0 Å². The lowest BCUT2D eigenvalue weighted by atomic mass is 9.91. The van der Waals surface area contributed by atoms with E-state index in [0.29, 0.717) is 10.8 Å². The maximum absolute atomic E-state index is 6.52. The highest BCUT2D eigenvalue weighted by atomic mass is 15.3. The van der Waals surface area contributed by atoms with E-state index in [2.05, 4.69) is 4.90 Å². The van der Waals surface area contributed by atoms with Crippen molar-refractivity contribution in [2.24, 2.45) is 16.6 Å². The monoisotopic (exact) mass is 178 g/mol. The summed E-state index contributed by atoms with van der Waals surface area (Å²) in [5, 5.41) is 0. The molecule has 13 heavy (non-hydrogen) atoms. The summed E-state index contributed by atoms with van der Waals surface area (Å²) in [4.78, 5) is 2.62. The molecular weight excluding hydrogens is 160 g/mol. The molecule has 2 heterocycles. The zero-order valence-electron chi connectivity index (χ0n) is 8.18. The number of nitrogens with two attached hydrogens (primary N) is 1. The molecule has 2 N–H and O–H groups in total. The number of hydrogen-bond donors (Lipinski definition) is 1. The van der Waals surface area contributed by atoms with Crippen molar-refractivity contribution in [3.63, 3.8) is 0 Å². The predicted molar refractivity (Wildman–Crippen MR) is 51.1 cm³/mol. The van der Waals surface area contributed by atoms with Crippen LogP contribution in [0.1, 0.15) is 38.5 Å². The Labute approximate surface area is 79.5 Å². The van der Waals surface area contributed by atoms with Crippen molar-refractivity contribution in [2.45, 2.75) is 44.2 Å². The highest BCUT2D eigenvalue weighted by Gasteiger charge is 2.65. The predicted octanol–water partition coefficient (Wildman–Crippen LogP) is 1.31. The number of hydrogen-bond acceptors (Lipinski definition) is 2. The summed E-state index contributed by atoms with van der Waals surface area (Å²) in [6.45, 7) is 2.65. The molecule has 2 spiro atoms. The van der Waals surface area contributed by atoms with Gasteiger partial charge in [0.25, 0.3) is 0 Å². The van der Waals surface area contributed by atoms with Gasteiger partial charge in [0.15, 0.2) is 0 Å². The topological polar surface area (TPSA) is 29.3 Å². The Morgan fingerprint density at radius 3 is 1.62 bits per heavy atom. The van der Waals surface area contributed by atoms with Crippen molar-refractivity contribution >= 4 is 0 Å². The van der Waals surface area contributed by atoms with Gasteiger partial charge in [0, 0.05) is 13.1 Å². The minimum absolute atomic E-state index is 0.132. The highest BCUT2D eigenvalue weighted by Crippen LogP contribution is 2.66. The van der Waals surface area contributed by atoms with E-state index in [1.165, 1.54) is 51.6 Å². The first-order chi connectivity index (χ1) is 6.14. The summed E-state index contributed by atoms with van der Waals surface area (Å²) in [7, 11) is 0. The number of rotatable bonds is 0. The zero-order chi connectivity index (χ0) is 8.73. The molecule has 2 heteroatoms. The quantitative estimate of drug-likeness (QED) is 0.606. The molecule has 0 aromatic carbocycles. The molecule has 0 unspecified atom stereocenters. The van der Waals surface area contributed by atoms with E-state index in [-0.39, 0.29) is 5.66 Å². The molecule has 2 saturated carbocycles. The van der Waals surface area contributed by atoms with Crippen LogP contribution in [0.5, 0.6) is 0 Å². The standard InChI is InChI=1S/C11H18N2/c12-11-5-9(1-2-9)7-13(11)8-10(6-11)3-4-10/h1-8,12H2. The van der Waals surface area contributed by atoms with E-state index in [4.69, 9.17) is 5.73 Å². The summed E-state index contributed by atoms with van der Waals surface area (Å²) < 4.78 is 0. The second kappa shape index (κ2) is 1.70. The third-order valence-corrected chi connectivity index (χ3v) is 4.96. The van der Waals surface area contributed by atoms with Gasteiger partial charge in [-0.3, -0.25) is 4.90 Å². The fraction of sp³-hybridized carbons (Fsp3) is 1.00. The Morgan fingerprint density at radius 2 is 1.31 bits per heavy atom. The van der Waals surface area contributed by atoms with E-state index in [0.717, 1.165) is 0 Å². The molecule has 0 aromatic heterocycles. The van der Waals surface area contributed by atoms with Gasteiger partial charge in [-0.05, 0) is 49.4 Å². The highest BCUT2D eigenvalue weighted by molar-refractivity contribution is 5.18. The third kappa shape index (κ3) is 0.816. The molecule has 2 saturated heterocycles. The van der Waals surface area contributed by atoms with E-state index in [9.17, 15) is 0 Å². The smallest absolute Gasteiger partial charge is 0.0699 e. The Kier molecular flexibility index (Phi) is 0.947. The fourth-order valence-corrected chi connectivity index (χ4v) is 3.90. The Morgan fingerprint density at radius 1 is 0.846 bits per heavy atom. The molecule has 0 amide bonds. The van der Waals surface area contributed by atoms with Gasteiger partial charge in [0.1, 0.15) is 0 Å². The Bertz CT molecular complexity index is 252. The van der Waals surface area contributed by atoms with Crippen molar-refractivity contribution in [2.75, 3.05) is 13.1 Å². The molecular formula is C11H18N2. The number of fused-ring (bicyclic) bond motifs is 1. The average Bonchev–Trinajstić information content (AvgIpc) is 2.86. The van der Waals surface area contributed by atoms with E-state index in [1.807, 2.05) is 0 Å². The van der Waals surface area contributed by atoms with E-state index >= 15 is 0 Å². The van der Waals surface area contributed by atoms with Gasteiger partial charge in [0.05, 0.1) is 5.66 Å². The lowest BCUT2D eigenvalue weighted by Gasteiger charge is -2.26. The minimum Gasteiger partial charge on any atom is -0.313 e. The van der Waals surface area contributed by atoms with Crippen LogP contribution < -0.4 is 5.73 Å². The van der Waals surface area contributed by atoms with Crippen LogP contribution in [-0.2, 0) is 0 Å². The molecule has 4 rings (SSSR count). The van der Waals surface area contributed by atoms with Crippen LogP contribution in [-0.4, -0.2) is 23.7 Å². The molecule has 72 valence electrons. The van der Waals surface area contributed by atoms with Crippen molar-refractivity contribution in [3.8, 4) is 0 Å². The molecule has 0 bridgehead atoms. The minimum atomic E-state index is 0.132. The van der Waals surface area contributed by atoms with E-state index in [1.54, 1.807) is 0 Å². The Hall–Kier alpha value is -0.0800.